The molecule has 33 heavy (non-hydrogen) atoms. The van der Waals surface area contributed by atoms with Gasteiger partial charge >= 0.3 is 0 Å². The van der Waals surface area contributed by atoms with Crippen LogP contribution in [0.1, 0.15) is 44.0 Å². The average Bonchev–Trinajstić information content (AvgIpc) is 3.22. The summed E-state index contributed by atoms with van der Waals surface area (Å²) in [5.74, 6) is 0.442. The molecule has 0 spiro atoms. The number of ether oxygens (including phenoxy) is 2. The van der Waals surface area contributed by atoms with Crippen molar-refractivity contribution in [1.29, 1.82) is 0 Å². The largest absolute Gasteiger partial charge is 0.454 e. The van der Waals surface area contributed by atoms with Crippen molar-refractivity contribution in [2.75, 3.05) is 34.0 Å². The summed E-state index contributed by atoms with van der Waals surface area (Å²) in [5, 5.41) is 6.07. The second-order valence-corrected chi connectivity index (χ2v) is 8.98. The van der Waals surface area contributed by atoms with Gasteiger partial charge in [-0.05, 0) is 52.4 Å². The van der Waals surface area contributed by atoms with Crippen LogP contribution < -0.4 is 25.5 Å². The Balaban J connectivity index is 1.85. The van der Waals surface area contributed by atoms with Crippen LogP contribution in [-0.4, -0.2) is 61.3 Å². The summed E-state index contributed by atoms with van der Waals surface area (Å²) >= 11 is 0. The molecule has 1 aliphatic heterocycles. The fraction of sp³-hybridized carbons (Fsp3) is 0.542. The monoisotopic (exact) mass is 458 g/mol. The molecule has 180 valence electrons. The molecule has 1 unspecified atom stereocenters. The van der Waals surface area contributed by atoms with Crippen molar-refractivity contribution in [3.63, 3.8) is 0 Å². The topological polar surface area (TPSA) is 102 Å². The second kappa shape index (κ2) is 10.7. The molecular formula is C24H34N4O5. The van der Waals surface area contributed by atoms with Gasteiger partial charge in [0.15, 0.2) is 11.5 Å². The first-order valence-corrected chi connectivity index (χ1v) is 11.4. The van der Waals surface area contributed by atoms with Crippen LogP contribution in [0, 0.1) is 5.92 Å². The van der Waals surface area contributed by atoms with Gasteiger partial charge in [0.05, 0.1) is 10.9 Å². The van der Waals surface area contributed by atoms with Crippen LogP contribution in [0.25, 0.3) is 10.9 Å². The highest BCUT2D eigenvalue weighted by Gasteiger charge is 2.25. The quantitative estimate of drug-likeness (QED) is 0.528. The van der Waals surface area contributed by atoms with Crippen LogP contribution in [0.5, 0.6) is 11.5 Å². The smallest absolute Gasteiger partial charge is 0.257 e. The van der Waals surface area contributed by atoms with E-state index in [4.69, 9.17) is 9.47 Å². The number of aryl methyl sites for hydroxylation is 1. The van der Waals surface area contributed by atoms with Crippen LogP contribution in [0.2, 0.25) is 0 Å². The Morgan fingerprint density at radius 3 is 2.52 bits per heavy atom. The van der Waals surface area contributed by atoms with Crippen molar-refractivity contribution in [1.82, 2.24) is 20.1 Å². The molecule has 2 heterocycles. The van der Waals surface area contributed by atoms with Crippen LogP contribution in [0.3, 0.4) is 0 Å². The van der Waals surface area contributed by atoms with Crippen molar-refractivity contribution >= 4 is 22.7 Å². The summed E-state index contributed by atoms with van der Waals surface area (Å²) in [6, 6.07) is 2.65. The van der Waals surface area contributed by atoms with Crippen molar-refractivity contribution in [3.8, 4) is 11.5 Å². The van der Waals surface area contributed by atoms with E-state index in [0.717, 1.165) is 13.0 Å². The zero-order chi connectivity index (χ0) is 24.1. The SMILES string of the molecule is CCn1cc(C(=O)NC(CC(C)C)C(=O)NCCCN(C)C)c(=O)c2cc3c(cc21)OCO3. The Labute approximate surface area is 194 Å². The predicted molar refractivity (Wildman–Crippen MR) is 127 cm³/mol. The minimum atomic E-state index is -0.723. The molecule has 0 saturated carbocycles. The number of hydrogen-bond acceptors (Lipinski definition) is 6. The molecule has 0 fully saturated rings. The first kappa shape index (κ1) is 24.6. The number of aromatic nitrogens is 1. The highest BCUT2D eigenvalue weighted by atomic mass is 16.7. The van der Waals surface area contributed by atoms with Gasteiger partial charge in [-0.3, -0.25) is 14.4 Å². The highest BCUT2D eigenvalue weighted by Crippen LogP contribution is 2.35. The van der Waals surface area contributed by atoms with Gasteiger partial charge in [0, 0.05) is 25.4 Å². The maximum Gasteiger partial charge on any atom is 0.257 e. The maximum atomic E-state index is 13.2. The molecule has 1 aromatic carbocycles. The van der Waals surface area contributed by atoms with Crippen molar-refractivity contribution in [2.24, 2.45) is 5.92 Å². The number of carbonyl (C=O) groups is 2. The van der Waals surface area contributed by atoms with Gasteiger partial charge in [0.2, 0.25) is 18.1 Å². The number of amides is 2. The number of benzene rings is 1. The average molecular weight is 459 g/mol. The van der Waals surface area contributed by atoms with E-state index in [9.17, 15) is 14.4 Å². The third-order valence-electron chi connectivity index (χ3n) is 5.57. The van der Waals surface area contributed by atoms with E-state index in [1.165, 1.54) is 0 Å². The number of nitrogens with one attached hydrogen (secondary N) is 2. The second-order valence-electron chi connectivity index (χ2n) is 8.98. The molecule has 0 saturated heterocycles. The molecule has 1 aromatic heterocycles. The lowest BCUT2D eigenvalue weighted by Gasteiger charge is -2.21. The number of rotatable bonds is 10. The summed E-state index contributed by atoms with van der Waals surface area (Å²) in [7, 11) is 3.95. The Kier molecular flexibility index (Phi) is 7.97. The molecule has 2 amide bonds. The van der Waals surface area contributed by atoms with Gasteiger partial charge in [-0.25, -0.2) is 0 Å². The van der Waals surface area contributed by atoms with E-state index in [-0.39, 0.29) is 24.2 Å². The molecule has 0 aliphatic carbocycles. The molecule has 0 radical (unpaired) electrons. The van der Waals surface area contributed by atoms with E-state index >= 15 is 0 Å². The lowest BCUT2D eigenvalue weighted by molar-refractivity contribution is -0.123. The Morgan fingerprint density at radius 1 is 1.18 bits per heavy atom. The molecule has 0 bridgehead atoms. The number of fused-ring (bicyclic) bond motifs is 2. The molecule has 9 nitrogen and oxygen atoms in total. The van der Waals surface area contributed by atoms with Gasteiger partial charge in [-0.15, -0.1) is 0 Å². The lowest BCUT2D eigenvalue weighted by atomic mass is 10.0. The van der Waals surface area contributed by atoms with Gasteiger partial charge in [-0.2, -0.15) is 0 Å². The zero-order valence-electron chi connectivity index (χ0n) is 20.1. The molecule has 2 N–H and O–H groups in total. The minimum absolute atomic E-state index is 0.00243. The van der Waals surface area contributed by atoms with Crippen molar-refractivity contribution in [3.05, 3.63) is 34.1 Å². The molecule has 1 atom stereocenters. The lowest BCUT2D eigenvalue weighted by Crippen LogP contribution is -2.48. The summed E-state index contributed by atoms with van der Waals surface area (Å²) < 4.78 is 12.7. The first-order chi connectivity index (χ1) is 15.7. The van der Waals surface area contributed by atoms with Crippen LogP contribution in [0.15, 0.2) is 23.1 Å². The van der Waals surface area contributed by atoms with E-state index in [1.54, 1.807) is 18.3 Å². The van der Waals surface area contributed by atoms with E-state index < -0.39 is 17.4 Å². The minimum Gasteiger partial charge on any atom is -0.454 e. The number of nitrogens with zero attached hydrogens (tertiary/aromatic N) is 2. The summed E-state index contributed by atoms with van der Waals surface area (Å²) in [4.78, 5) is 41.2. The van der Waals surface area contributed by atoms with Gasteiger partial charge < -0.3 is 29.6 Å². The predicted octanol–water partition coefficient (Wildman–Crippen LogP) is 1.96. The van der Waals surface area contributed by atoms with Gasteiger partial charge in [0.25, 0.3) is 5.91 Å². The normalized spacial score (nSPS) is 13.5. The van der Waals surface area contributed by atoms with Crippen LogP contribution >= 0.6 is 0 Å². The fourth-order valence-corrected chi connectivity index (χ4v) is 3.87. The van der Waals surface area contributed by atoms with Crippen LogP contribution in [-0.2, 0) is 11.3 Å². The maximum absolute atomic E-state index is 13.2. The van der Waals surface area contributed by atoms with Crippen molar-refractivity contribution < 1.29 is 19.1 Å². The Morgan fingerprint density at radius 2 is 1.88 bits per heavy atom. The standard InChI is InChI=1S/C24H34N4O5/c1-6-28-13-17(22(29)16-11-20-21(12-19(16)28)33-14-32-20)23(30)26-18(10-15(2)3)24(31)25-8-7-9-27(4)5/h11-13,15,18H,6-10,14H2,1-5H3,(H,25,31)(H,26,30). The highest BCUT2D eigenvalue weighted by molar-refractivity contribution is 6.00. The molecule has 2 aromatic rings. The fourth-order valence-electron chi connectivity index (χ4n) is 3.87. The summed E-state index contributed by atoms with van der Waals surface area (Å²) in [5.41, 5.74) is 0.262. The zero-order valence-corrected chi connectivity index (χ0v) is 20.1. The third kappa shape index (κ3) is 5.84. The molecular weight excluding hydrogens is 424 g/mol. The number of hydrogen-bond donors (Lipinski definition) is 2. The Bertz CT molecular complexity index is 1080. The van der Waals surface area contributed by atoms with Crippen LogP contribution in [0.4, 0.5) is 0 Å². The van der Waals surface area contributed by atoms with E-state index in [0.29, 0.717) is 41.9 Å². The van der Waals surface area contributed by atoms with Gasteiger partial charge in [0.1, 0.15) is 11.6 Å². The first-order valence-electron chi connectivity index (χ1n) is 11.4. The van der Waals surface area contributed by atoms with E-state index in [1.807, 2.05) is 44.3 Å². The Hall–Kier alpha value is -3.07. The number of pyridine rings is 1. The van der Waals surface area contributed by atoms with E-state index in [2.05, 4.69) is 10.6 Å². The molecule has 3 rings (SSSR count). The number of carbonyl (C=O) groups excluding carboxylic acids is 2. The summed E-state index contributed by atoms with van der Waals surface area (Å²) in [6.45, 7) is 7.93. The molecule has 1 aliphatic rings. The molecule has 9 heteroatoms. The summed E-state index contributed by atoms with van der Waals surface area (Å²) in [6.07, 6.45) is 2.83. The van der Waals surface area contributed by atoms with Crippen molar-refractivity contribution in [2.45, 2.75) is 46.2 Å². The van der Waals surface area contributed by atoms with Gasteiger partial charge in [-0.1, -0.05) is 13.8 Å². The third-order valence-corrected chi connectivity index (χ3v) is 5.57.